The molecule has 0 aliphatic carbocycles. The summed E-state index contributed by atoms with van der Waals surface area (Å²) in [6.07, 6.45) is 5.49. The van der Waals surface area contributed by atoms with E-state index in [9.17, 15) is 4.79 Å². The second-order valence-corrected chi connectivity index (χ2v) is 6.68. The SMILES string of the molecule is C#CCn1c(=O)c(CNCc2cc3ccccc3[nH]2)cc2ccc(OC)cc21. The molecule has 0 bridgehead atoms. The molecule has 0 unspecified atom stereocenters. The highest BCUT2D eigenvalue weighted by Gasteiger charge is 2.10. The zero-order valence-electron chi connectivity index (χ0n) is 15.7. The lowest BCUT2D eigenvalue weighted by Crippen LogP contribution is -2.27. The minimum absolute atomic E-state index is 0.0807. The second-order valence-electron chi connectivity index (χ2n) is 6.68. The highest BCUT2D eigenvalue weighted by Crippen LogP contribution is 2.20. The zero-order chi connectivity index (χ0) is 19.5. The number of nitrogens with zero attached hydrogens (tertiary/aromatic N) is 1. The third-order valence-corrected chi connectivity index (χ3v) is 4.84. The van der Waals surface area contributed by atoms with Gasteiger partial charge in [0.1, 0.15) is 5.75 Å². The van der Waals surface area contributed by atoms with E-state index < -0.39 is 0 Å². The Labute approximate surface area is 163 Å². The van der Waals surface area contributed by atoms with Crippen molar-refractivity contribution < 1.29 is 4.74 Å². The number of hydrogen-bond acceptors (Lipinski definition) is 3. The number of aromatic amines is 1. The number of aromatic nitrogens is 2. The number of para-hydroxylation sites is 1. The molecule has 0 fully saturated rings. The zero-order valence-corrected chi connectivity index (χ0v) is 15.7. The van der Waals surface area contributed by atoms with Crippen molar-refractivity contribution in [1.82, 2.24) is 14.9 Å². The van der Waals surface area contributed by atoms with E-state index in [2.05, 4.69) is 34.4 Å². The van der Waals surface area contributed by atoms with Crippen molar-refractivity contribution in [2.45, 2.75) is 19.6 Å². The van der Waals surface area contributed by atoms with Gasteiger partial charge in [-0.3, -0.25) is 9.36 Å². The van der Waals surface area contributed by atoms with Crippen LogP contribution < -0.4 is 15.6 Å². The minimum Gasteiger partial charge on any atom is -0.497 e. The standard InChI is InChI=1S/C23H21N3O2/c1-3-10-26-22-13-20(28-2)9-8-17(22)11-18(23(26)27)14-24-15-19-12-16-6-4-5-7-21(16)25-19/h1,4-9,11-13,24-25H,10,14-15H2,2H3. The van der Waals surface area contributed by atoms with Crippen molar-refractivity contribution in [3.05, 3.63) is 76.2 Å². The number of terminal acetylenes is 1. The van der Waals surface area contributed by atoms with E-state index in [1.807, 2.05) is 36.4 Å². The molecule has 0 aliphatic rings. The number of H-pyrrole nitrogens is 1. The summed E-state index contributed by atoms with van der Waals surface area (Å²) in [7, 11) is 1.60. The summed E-state index contributed by atoms with van der Waals surface area (Å²) in [6, 6.07) is 17.9. The molecule has 2 aromatic carbocycles. The summed E-state index contributed by atoms with van der Waals surface area (Å²) in [5.41, 5.74) is 3.57. The van der Waals surface area contributed by atoms with Gasteiger partial charge in [0.25, 0.3) is 5.56 Å². The first-order valence-electron chi connectivity index (χ1n) is 9.11. The first-order valence-corrected chi connectivity index (χ1v) is 9.11. The lowest BCUT2D eigenvalue weighted by atomic mass is 10.1. The van der Waals surface area contributed by atoms with E-state index in [0.717, 1.165) is 22.1 Å². The summed E-state index contributed by atoms with van der Waals surface area (Å²) in [6.45, 7) is 1.32. The Hall–Kier alpha value is -3.49. The number of methoxy groups -OCH3 is 1. The maximum Gasteiger partial charge on any atom is 0.256 e. The maximum atomic E-state index is 12.9. The van der Waals surface area contributed by atoms with Gasteiger partial charge in [0, 0.05) is 35.9 Å². The molecular formula is C23H21N3O2. The molecule has 2 aromatic heterocycles. The molecule has 5 heteroatoms. The molecule has 140 valence electrons. The van der Waals surface area contributed by atoms with Crippen molar-refractivity contribution in [1.29, 1.82) is 0 Å². The van der Waals surface area contributed by atoms with Gasteiger partial charge in [-0.2, -0.15) is 0 Å². The third-order valence-electron chi connectivity index (χ3n) is 4.84. The van der Waals surface area contributed by atoms with E-state index in [1.165, 1.54) is 5.39 Å². The van der Waals surface area contributed by atoms with Gasteiger partial charge in [-0.25, -0.2) is 0 Å². The van der Waals surface area contributed by atoms with Gasteiger partial charge in [0.15, 0.2) is 0 Å². The summed E-state index contributed by atoms with van der Waals surface area (Å²) in [5.74, 6) is 3.27. The molecular weight excluding hydrogens is 350 g/mol. The molecule has 0 atom stereocenters. The molecule has 28 heavy (non-hydrogen) atoms. The van der Waals surface area contributed by atoms with Crippen LogP contribution in [0.5, 0.6) is 5.75 Å². The number of ether oxygens (including phenoxy) is 1. The Morgan fingerprint density at radius 3 is 2.75 bits per heavy atom. The first kappa shape index (κ1) is 17.9. The van der Waals surface area contributed by atoms with E-state index in [4.69, 9.17) is 11.2 Å². The van der Waals surface area contributed by atoms with Crippen LogP contribution >= 0.6 is 0 Å². The predicted molar refractivity (Wildman–Crippen MR) is 112 cm³/mol. The largest absolute Gasteiger partial charge is 0.497 e. The van der Waals surface area contributed by atoms with Crippen LogP contribution in [-0.4, -0.2) is 16.7 Å². The molecule has 2 N–H and O–H groups in total. The van der Waals surface area contributed by atoms with Gasteiger partial charge in [-0.1, -0.05) is 24.1 Å². The molecule has 0 aliphatic heterocycles. The number of pyridine rings is 1. The molecule has 0 saturated carbocycles. The monoisotopic (exact) mass is 371 g/mol. The molecule has 4 rings (SSSR count). The van der Waals surface area contributed by atoms with E-state index >= 15 is 0 Å². The average Bonchev–Trinajstić information content (AvgIpc) is 3.13. The average molecular weight is 371 g/mol. The van der Waals surface area contributed by atoms with Gasteiger partial charge in [0.05, 0.1) is 19.2 Å². The fourth-order valence-electron chi connectivity index (χ4n) is 3.47. The van der Waals surface area contributed by atoms with E-state index in [0.29, 0.717) is 24.4 Å². The summed E-state index contributed by atoms with van der Waals surface area (Å²) >= 11 is 0. The Kier molecular flexibility index (Phi) is 4.88. The van der Waals surface area contributed by atoms with Crippen LogP contribution in [-0.2, 0) is 19.6 Å². The maximum absolute atomic E-state index is 12.9. The molecule has 0 amide bonds. The van der Waals surface area contributed by atoms with Gasteiger partial charge in [-0.15, -0.1) is 6.42 Å². The highest BCUT2D eigenvalue weighted by molar-refractivity contribution is 5.81. The smallest absolute Gasteiger partial charge is 0.256 e. The number of rotatable bonds is 6. The topological polar surface area (TPSA) is 59.0 Å². The summed E-state index contributed by atoms with van der Waals surface area (Å²) < 4.78 is 6.90. The Bertz CT molecular complexity index is 1210. The van der Waals surface area contributed by atoms with Crippen LogP contribution in [0.3, 0.4) is 0 Å². The van der Waals surface area contributed by atoms with Crippen molar-refractivity contribution in [3.8, 4) is 18.1 Å². The molecule has 0 spiro atoms. The van der Waals surface area contributed by atoms with Gasteiger partial charge >= 0.3 is 0 Å². The van der Waals surface area contributed by atoms with Crippen molar-refractivity contribution in [2.75, 3.05) is 7.11 Å². The third kappa shape index (κ3) is 3.38. The quantitative estimate of drug-likeness (QED) is 0.511. The molecule has 0 radical (unpaired) electrons. The van der Waals surface area contributed by atoms with Gasteiger partial charge in [0.2, 0.25) is 0 Å². The summed E-state index contributed by atoms with van der Waals surface area (Å²) in [5, 5.41) is 5.49. The normalized spacial score (nSPS) is 11.0. The van der Waals surface area contributed by atoms with Crippen molar-refractivity contribution >= 4 is 21.8 Å². The fraction of sp³-hybridized carbons (Fsp3) is 0.174. The van der Waals surface area contributed by atoms with E-state index in [-0.39, 0.29) is 12.1 Å². The minimum atomic E-state index is -0.0807. The van der Waals surface area contributed by atoms with Gasteiger partial charge in [-0.05, 0) is 41.1 Å². The van der Waals surface area contributed by atoms with Crippen LogP contribution in [0.4, 0.5) is 0 Å². The van der Waals surface area contributed by atoms with E-state index in [1.54, 1.807) is 11.7 Å². The van der Waals surface area contributed by atoms with Crippen molar-refractivity contribution in [3.63, 3.8) is 0 Å². The number of nitrogens with one attached hydrogen (secondary N) is 2. The summed E-state index contributed by atoms with van der Waals surface area (Å²) in [4.78, 5) is 16.3. The molecule has 2 heterocycles. The predicted octanol–water partition coefficient (Wildman–Crippen LogP) is 3.41. The van der Waals surface area contributed by atoms with Crippen LogP contribution in [0.15, 0.2) is 59.4 Å². The highest BCUT2D eigenvalue weighted by atomic mass is 16.5. The Balaban J connectivity index is 1.60. The molecule has 0 saturated heterocycles. The lowest BCUT2D eigenvalue weighted by molar-refractivity contribution is 0.415. The van der Waals surface area contributed by atoms with Crippen LogP contribution in [0.25, 0.3) is 21.8 Å². The number of benzene rings is 2. The molecule has 5 nitrogen and oxygen atoms in total. The Morgan fingerprint density at radius 2 is 1.96 bits per heavy atom. The molecule has 4 aromatic rings. The fourth-order valence-corrected chi connectivity index (χ4v) is 3.47. The van der Waals surface area contributed by atoms with Crippen LogP contribution in [0, 0.1) is 12.3 Å². The number of fused-ring (bicyclic) bond motifs is 2. The number of hydrogen-bond donors (Lipinski definition) is 2. The van der Waals surface area contributed by atoms with Crippen molar-refractivity contribution in [2.24, 2.45) is 0 Å². The van der Waals surface area contributed by atoms with Gasteiger partial charge < -0.3 is 15.0 Å². The lowest BCUT2D eigenvalue weighted by Gasteiger charge is -2.12. The second kappa shape index (κ2) is 7.63. The van der Waals surface area contributed by atoms with Crippen LogP contribution in [0.2, 0.25) is 0 Å². The first-order chi connectivity index (χ1) is 13.7. The Morgan fingerprint density at radius 1 is 1.11 bits per heavy atom. The van der Waals surface area contributed by atoms with Crippen LogP contribution in [0.1, 0.15) is 11.3 Å².